The standard InChI is InChI=1S/C24H22N2O6S2/c1-16-5-7-18(8-6-16)15-25(34(30,31)23-4-3-13-33-23)21-14-22(28)26(24(21)29)19-9-11-20(12-10-19)32-17(2)27/h3-13,21H,14-15H2,1-2H3. The smallest absolute Gasteiger partial charge is 0.308 e. The molecule has 0 spiro atoms. The topological polar surface area (TPSA) is 101 Å². The maximum absolute atomic E-state index is 13.5. The number of amides is 2. The van der Waals surface area contributed by atoms with Crippen molar-refractivity contribution in [3.8, 4) is 5.75 Å². The van der Waals surface area contributed by atoms with Crippen LogP contribution in [0.4, 0.5) is 5.69 Å². The Kier molecular flexibility index (Phi) is 6.65. The van der Waals surface area contributed by atoms with Gasteiger partial charge >= 0.3 is 5.97 Å². The molecule has 4 rings (SSSR count). The molecule has 8 nitrogen and oxygen atoms in total. The van der Waals surface area contributed by atoms with Crippen LogP contribution < -0.4 is 9.64 Å². The maximum atomic E-state index is 13.5. The van der Waals surface area contributed by atoms with E-state index in [2.05, 4.69) is 0 Å². The Morgan fingerprint density at radius 3 is 2.35 bits per heavy atom. The minimum Gasteiger partial charge on any atom is -0.427 e. The molecule has 1 aromatic heterocycles. The highest BCUT2D eigenvalue weighted by atomic mass is 32.2. The number of thiophene rings is 1. The zero-order chi connectivity index (χ0) is 24.5. The predicted octanol–water partition coefficient (Wildman–Crippen LogP) is 3.50. The van der Waals surface area contributed by atoms with Gasteiger partial charge in [-0.05, 0) is 48.2 Å². The molecule has 0 N–H and O–H groups in total. The van der Waals surface area contributed by atoms with E-state index in [1.54, 1.807) is 23.6 Å². The predicted molar refractivity (Wildman–Crippen MR) is 127 cm³/mol. The van der Waals surface area contributed by atoms with Gasteiger partial charge in [-0.1, -0.05) is 35.9 Å². The van der Waals surface area contributed by atoms with Crippen molar-refractivity contribution >= 4 is 44.8 Å². The summed E-state index contributed by atoms with van der Waals surface area (Å²) in [7, 11) is -4.04. The number of esters is 1. The molecule has 34 heavy (non-hydrogen) atoms. The van der Waals surface area contributed by atoms with E-state index in [0.29, 0.717) is 5.56 Å². The number of hydrogen-bond acceptors (Lipinski definition) is 7. The molecular weight excluding hydrogens is 476 g/mol. The van der Waals surface area contributed by atoms with Crippen LogP contribution in [-0.4, -0.2) is 36.5 Å². The van der Waals surface area contributed by atoms with Gasteiger partial charge in [0.2, 0.25) is 5.91 Å². The van der Waals surface area contributed by atoms with Crippen LogP contribution in [0.1, 0.15) is 24.5 Å². The van der Waals surface area contributed by atoms with Gasteiger partial charge in [-0.25, -0.2) is 13.3 Å². The van der Waals surface area contributed by atoms with Crippen LogP contribution in [0.5, 0.6) is 5.75 Å². The van der Waals surface area contributed by atoms with E-state index in [1.807, 2.05) is 19.1 Å². The van der Waals surface area contributed by atoms with Gasteiger partial charge < -0.3 is 4.74 Å². The van der Waals surface area contributed by atoms with E-state index < -0.39 is 33.8 Å². The van der Waals surface area contributed by atoms with Crippen molar-refractivity contribution in [3.05, 3.63) is 77.2 Å². The molecule has 1 aliphatic heterocycles. The molecule has 0 bridgehead atoms. The Hall–Kier alpha value is -3.34. The van der Waals surface area contributed by atoms with E-state index in [-0.39, 0.29) is 28.6 Å². The number of rotatable bonds is 7. The first-order chi connectivity index (χ1) is 16.2. The van der Waals surface area contributed by atoms with E-state index in [0.717, 1.165) is 26.1 Å². The van der Waals surface area contributed by atoms with Gasteiger partial charge in [0, 0.05) is 13.5 Å². The fourth-order valence-electron chi connectivity index (χ4n) is 3.70. The number of ether oxygens (including phenoxy) is 1. The van der Waals surface area contributed by atoms with Crippen LogP contribution in [0.15, 0.2) is 70.3 Å². The lowest BCUT2D eigenvalue weighted by atomic mass is 10.1. The number of sulfonamides is 1. The van der Waals surface area contributed by atoms with Crippen molar-refractivity contribution in [1.82, 2.24) is 4.31 Å². The summed E-state index contributed by atoms with van der Waals surface area (Å²) in [5.41, 5.74) is 2.00. The average Bonchev–Trinajstić information content (AvgIpc) is 3.43. The van der Waals surface area contributed by atoms with Crippen LogP contribution in [0, 0.1) is 6.92 Å². The minimum absolute atomic E-state index is 0.0522. The van der Waals surface area contributed by atoms with Crippen molar-refractivity contribution in [2.24, 2.45) is 0 Å². The van der Waals surface area contributed by atoms with E-state index in [1.165, 1.54) is 37.3 Å². The van der Waals surface area contributed by atoms with Gasteiger partial charge in [0.1, 0.15) is 16.0 Å². The Morgan fingerprint density at radius 2 is 1.76 bits per heavy atom. The lowest BCUT2D eigenvalue weighted by molar-refractivity contribution is -0.132. The van der Waals surface area contributed by atoms with Crippen LogP contribution in [0.2, 0.25) is 0 Å². The van der Waals surface area contributed by atoms with E-state index >= 15 is 0 Å². The monoisotopic (exact) mass is 498 g/mol. The quantitative estimate of drug-likeness (QED) is 0.281. The SMILES string of the molecule is CC(=O)Oc1ccc(N2C(=O)CC(N(Cc3ccc(C)cc3)S(=O)(=O)c3cccs3)C2=O)cc1. The van der Waals surface area contributed by atoms with Gasteiger partial charge in [-0.15, -0.1) is 11.3 Å². The minimum atomic E-state index is -4.04. The molecule has 3 aromatic rings. The fraction of sp³-hybridized carbons (Fsp3) is 0.208. The summed E-state index contributed by atoms with van der Waals surface area (Å²) in [6, 6.07) is 15.2. The second kappa shape index (κ2) is 9.49. The second-order valence-corrected chi connectivity index (χ2v) is 10.9. The third-order valence-electron chi connectivity index (χ3n) is 5.34. The van der Waals surface area contributed by atoms with Crippen molar-refractivity contribution in [2.75, 3.05) is 4.90 Å². The molecule has 1 fully saturated rings. The zero-order valence-electron chi connectivity index (χ0n) is 18.5. The van der Waals surface area contributed by atoms with Crippen molar-refractivity contribution in [1.29, 1.82) is 0 Å². The lowest BCUT2D eigenvalue weighted by Gasteiger charge is -2.26. The Balaban J connectivity index is 1.67. The van der Waals surface area contributed by atoms with Crippen LogP contribution in [0.25, 0.3) is 0 Å². The van der Waals surface area contributed by atoms with Crippen LogP contribution >= 0.6 is 11.3 Å². The first kappa shape index (κ1) is 23.8. The lowest BCUT2D eigenvalue weighted by Crippen LogP contribution is -2.44. The molecular formula is C24H22N2O6S2. The summed E-state index contributed by atoms with van der Waals surface area (Å²) in [5, 5.41) is 1.65. The summed E-state index contributed by atoms with van der Waals surface area (Å²) >= 11 is 1.05. The molecule has 10 heteroatoms. The van der Waals surface area contributed by atoms with Gasteiger partial charge in [0.25, 0.3) is 15.9 Å². The third kappa shape index (κ3) is 4.79. The molecule has 0 aliphatic carbocycles. The van der Waals surface area contributed by atoms with E-state index in [9.17, 15) is 22.8 Å². The zero-order valence-corrected chi connectivity index (χ0v) is 20.1. The normalized spacial score (nSPS) is 16.3. The third-order valence-corrected chi connectivity index (χ3v) is 8.57. The highest BCUT2D eigenvalue weighted by Crippen LogP contribution is 2.32. The Morgan fingerprint density at radius 1 is 1.09 bits per heavy atom. The molecule has 1 saturated heterocycles. The van der Waals surface area contributed by atoms with Crippen molar-refractivity contribution < 1.29 is 27.5 Å². The van der Waals surface area contributed by atoms with Gasteiger partial charge in [-0.2, -0.15) is 4.31 Å². The maximum Gasteiger partial charge on any atom is 0.308 e. The van der Waals surface area contributed by atoms with Crippen LogP contribution in [-0.2, 0) is 31.0 Å². The number of hydrogen-bond donors (Lipinski definition) is 0. The molecule has 2 heterocycles. The molecule has 1 atom stereocenters. The molecule has 1 aliphatic rings. The molecule has 2 amide bonds. The molecule has 0 radical (unpaired) electrons. The van der Waals surface area contributed by atoms with Crippen molar-refractivity contribution in [3.63, 3.8) is 0 Å². The fourth-order valence-corrected chi connectivity index (χ4v) is 6.39. The number of anilines is 1. The highest BCUT2D eigenvalue weighted by molar-refractivity contribution is 7.91. The van der Waals surface area contributed by atoms with Gasteiger partial charge in [0.15, 0.2) is 0 Å². The second-order valence-electron chi connectivity index (χ2n) is 7.84. The Labute approximate surface area is 201 Å². The van der Waals surface area contributed by atoms with Gasteiger partial charge in [-0.3, -0.25) is 14.4 Å². The first-order valence-corrected chi connectivity index (χ1v) is 12.7. The summed E-state index contributed by atoms with van der Waals surface area (Å²) in [6.45, 7) is 3.14. The number of imide groups is 1. The van der Waals surface area contributed by atoms with Crippen LogP contribution in [0.3, 0.4) is 0 Å². The average molecular weight is 499 g/mol. The highest BCUT2D eigenvalue weighted by Gasteiger charge is 2.47. The summed E-state index contributed by atoms with van der Waals surface area (Å²) < 4.78 is 33.2. The first-order valence-electron chi connectivity index (χ1n) is 10.4. The summed E-state index contributed by atoms with van der Waals surface area (Å²) in [5.74, 6) is -1.36. The largest absolute Gasteiger partial charge is 0.427 e. The summed E-state index contributed by atoms with van der Waals surface area (Å²) in [4.78, 5) is 38.4. The number of nitrogens with zero attached hydrogens (tertiary/aromatic N) is 2. The molecule has 2 aromatic carbocycles. The number of benzene rings is 2. The molecule has 176 valence electrons. The Bertz CT molecular complexity index is 1320. The van der Waals surface area contributed by atoms with Crippen molar-refractivity contribution in [2.45, 2.75) is 37.1 Å². The number of carbonyl (C=O) groups is 3. The van der Waals surface area contributed by atoms with Gasteiger partial charge in [0.05, 0.1) is 12.1 Å². The van der Waals surface area contributed by atoms with E-state index in [4.69, 9.17) is 4.74 Å². The molecule has 0 saturated carbocycles. The molecule has 1 unspecified atom stereocenters. The number of carbonyl (C=O) groups excluding carboxylic acids is 3. The summed E-state index contributed by atoms with van der Waals surface area (Å²) in [6.07, 6.45) is -0.277. The number of aryl methyl sites for hydroxylation is 1.